The van der Waals surface area contributed by atoms with Crippen LogP contribution in [0.3, 0.4) is 0 Å². The summed E-state index contributed by atoms with van der Waals surface area (Å²) in [6, 6.07) is 1.32. The van der Waals surface area contributed by atoms with Gasteiger partial charge < -0.3 is 33.7 Å². The van der Waals surface area contributed by atoms with Crippen LogP contribution in [0.2, 0.25) is 0 Å². The standard InChI is InChI=1S/C22H29N3O11S/c1-7-17(30)36-16-8-15(24-22(25-16)37-6)23-21-20(34-13(5)29)19(33-12(4)28)18(32-11(3)27)14(35-21)9-31-10(2)26/h8,14,18-21H,7,9H2,1-6H3,(H,23,24,25). The van der Waals surface area contributed by atoms with E-state index in [0.29, 0.717) is 0 Å². The van der Waals surface area contributed by atoms with Crippen molar-refractivity contribution in [1.29, 1.82) is 0 Å². The van der Waals surface area contributed by atoms with Gasteiger partial charge in [0.15, 0.2) is 29.7 Å². The van der Waals surface area contributed by atoms with Crippen molar-refractivity contribution in [2.45, 2.75) is 76.8 Å². The Kier molecular flexibility index (Phi) is 11.1. The molecular formula is C22H29N3O11S. The molecule has 1 fully saturated rings. The Balaban J connectivity index is 2.51. The van der Waals surface area contributed by atoms with Crippen LogP contribution < -0.4 is 10.1 Å². The molecule has 2 heterocycles. The number of carbonyl (C=O) groups excluding carboxylic acids is 5. The molecule has 37 heavy (non-hydrogen) atoms. The third-order valence-corrected chi connectivity index (χ3v) is 5.20. The van der Waals surface area contributed by atoms with E-state index in [4.69, 9.17) is 28.4 Å². The Hall–Kier alpha value is -3.46. The van der Waals surface area contributed by atoms with Crippen LogP contribution in [-0.2, 0) is 47.7 Å². The lowest BCUT2D eigenvalue weighted by Gasteiger charge is -2.44. The van der Waals surface area contributed by atoms with Crippen LogP contribution in [0.1, 0.15) is 41.0 Å². The monoisotopic (exact) mass is 543 g/mol. The molecule has 0 radical (unpaired) electrons. The normalized spacial score (nSPS) is 22.8. The second kappa shape index (κ2) is 13.7. The maximum atomic E-state index is 12.0. The Bertz CT molecular complexity index is 1020. The average Bonchev–Trinajstić information content (AvgIpc) is 2.80. The fourth-order valence-electron chi connectivity index (χ4n) is 3.30. The summed E-state index contributed by atoms with van der Waals surface area (Å²) in [5.41, 5.74) is 0. The summed E-state index contributed by atoms with van der Waals surface area (Å²) in [5.74, 6) is -3.34. The predicted octanol–water partition coefficient (Wildman–Crippen LogP) is 1.01. The molecule has 0 aliphatic carbocycles. The molecule has 0 bridgehead atoms. The van der Waals surface area contributed by atoms with Gasteiger partial charge in [-0.1, -0.05) is 18.7 Å². The molecule has 0 saturated carbocycles. The molecule has 1 aliphatic rings. The Morgan fingerprint density at radius 3 is 2.05 bits per heavy atom. The van der Waals surface area contributed by atoms with Gasteiger partial charge in [0.1, 0.15) is 18.5 Å². The number of thioether (sulfide) groups is 1. The van der Waals surface area contributed by atoms with E-state index in [0.717, 1.165) is 20.8 Å². The summed E-state index contributed by atoms with van der Waals surface area (Å²) >= 11 is 1.17. The molecule has 5 unspecified atom stereocenters. The third-order valence-electron chi connectivity index (χ3n) is 4.65. The number of rotatable bonds is 10. The van der Waals surface area contributed by atoms with E-state index in [2.05, 4.69) is 15.3 Å². The number of esters is 5. The first-order valence-electron chi connectivity index (χ1n) is 11.1. The van der Waals surface area contributed by atoms with E-state index in [-0.39, 0.29) is 29.9 Å². The van der Waals surface area contributed by atoms with Crippen molar-refractivity contribution in [3.63, 3.8) is 0 Å². The second-order valence-electron chi connectivity index (χ2n) is 7.67. The number of carbonyl (C=O) groups is 5. The molecule has 2 rings (SSSR count). The van der Waals surface area contributed by atoms with Crippen molar-refractivity contribution in [3.8, 4) is 5.88 Å². The number of aromatic nitrogens is 2. The SMILES string of the molecule is CCC(=O)Oc1cc(NC2OC(COC(C)=O)C(OC(C)=O)C(OC(C)=O)C2OC(C)=O)nc(SC)n1. The fourth-order valence-corrected chi connectivity index (χ4v) is 3.67. The largest absolute Gasteiger partial charge is 0.463 e. The Morgan fingerprint density at radius 1 is 0.919 bits per heavy atom. The average molecular weight is 544 g/mol. The highest BCUT2D eigenvalue weighted by molar-refractivity contribution is 7.98. The predicted molar refractivity (Wildman–Crippen MR) is 125 cm³/mol. The van der Waals surface area contributed by atoms with Crippen LogP contribution >= 0.6 is 11.8 Å². The number of nitrogens with zero attached hydrogens (tertiary/aromatic N) is 2. The van der Waals surface area contributed by atoms with Gasteiger partial charge in [0, 0.05) is 40.2 Å². The van der Waals surface area contributed by atoms with E-state index in [1.165, 1.54) is 24.8 Å². The first kappa shape index (κ1) is 29.8. The molecule has 1 saturated heterocycles. The zero-order chi connectivity index (χ0) is 27.7. The molecule has 14 nitrogen and oxygen atoms in total. The summed E-state index contributed by atoms with van der Waals surface area (Å²) in [4.78, 5) is 67.4. The maximum absolute atomic E-state index is 12.0. The lowest BCUT2D eigenvalue weighted by Crippen LogP contribution is -2.64. The molecule has 1 N–H and O–H groups in total. The van der Waals surface area contributed by atoms with Crippen LogP contribution in [0.4, 0.5) is 5.82 Å². The van der Waals surface area contributed by atoms with Gasteiger partial charge >= 0.3 is 29.8 Å². The number of anilines is 1. The van der Waals surface area contributed by atoms with Gasteiger partial charge in [-0.3, -0.25) is 24.0 Å². The van der Waals surface area contributed by atoms with Crippen molar-refractivity contribution in [2.24, 2.45) is 0 Å². The van der Waals surface area contributed by atoms with E-state index < -0.39 is 60.5 Å². The summed E-state index contributed by atoms with van der Waals surface area (Å²) in [7, 11) is 0. The van der Waals surface area contributed by atoms with E-state index in [1.807, 2.05) is 0 Å². The molecule has 0 spiro atoms. The van der Waals surface area contributed by atoms with E-state index in [1.54, 1.807) is 13.2 Å². The molecule has 204 valence electrons. The van der Waals surface area contributed by atoms with Gasteiger partial charge in [0.25, 0.3) is 0 Å². The summed E-state index contributed by atoms with van der Waals surface area (Å²) in [6.07, 6.45) is -4.55. The van der Waals surface area contributed by atoms with Gasteiger partial charge in [-0.05, 0) is 6.26 Å². The molecule has 1 aliphatic heterocycles. The minimum Gasteiger partial charge on any atom is -0.463 e. The van der Waals surface area contributed by atoms with Crippen molar-refractivity contribution < 1.29 is 52.4 Å². The van der Waals surface area contributed by atoms with Crippen molar-refractivity contribution >= 4 is 47.4 Å². The van der Waals surface area contributed by atoms with Crippen molar-refractivity contribution in [3.05, 3.63) is 6.07 Å². The zero-order valence-corrected chi connectivity index (χ0v) is 22.0. The van der Waals surface area contributed by atoms with Crippen LogP contribution in [0.25, 0.3) is 0 Å². The molecule has 0 amide bonds. The lowest BCUT2D eigenvalue weighted by atomic mass is 9.97. The Morgan fingerprint density at radius 2 is 1.51 bits per heavy atom. The second-order valence-corrected chi connectivity index (χ2v) is 8.44. The topological polar surface area (TPSA) is 179 Å². The van der Waals surface area contributed by atoms with Gasteiger partial charge in [0.05, 0.1) is 0 Å². The third kappa shape index (κ3) is 9.17. The quantitative estimate of drug-likeness (QED) is 0.191. The first-order chi connectivity index (χ1) is 17.4. The Labute approximate surface area is 217 Å². The highest BCUT2D eigenvalue weighted by Crippen LogP contribution is 2.31. The minimum atomic E-state index is -1.35. The number of nitrogens with one attached hydrogen (secondary N) is 1. The van der Waals surface area contributed by atoms with Crippen LogP contribution in [0, 0.1) is 0 Å². The zero-order valence-electron chi connectivity index (χ0n) is 21.2. The minimum absolute atomic E-state index is 0.0423. The van der Waals surface area contributed by atoms with Gasteiger partial charge in [-0.2, -0.15) is 4.98 Å². The highest BCUT2D eigenvalue weighted by Gasteiger charge is 2.52. The van der Waals surface area contributed by atoms with Gasteiger partial charge in [-0.25, -0.2) is 4.98 Å². The number of hydrogen-bond acceptors (Lipinski definition) is 15. The molecule has 1 aromatic heterocycles. The maximum Gasteiger partial charge on any atom is 0.312 e. The smallest absolute Gasteiger partial charge is 0.312 e. The van der Waals surface area contributed by atoms with Gasteiger partial charge in [-0.15, -0.1) is 0 Å². The molecule has 5 atom stereocenters. The number of ether oxygens (including phenoxy) is 6. The van der Waals surface area contributed by atoms with Crippen molar-refractivity contribution in [2.75, 3.05) is 18.2 Å². The summed E-state index contributed by atoms with van der Waals surface area (Å²) in [5, 5.41) is 3.15. The van der Waals surface area contributed by atoms with Crippen LogP contribution in [0.5, 0.6) is 5.88 Å². The van der Waals surface area contributed by atoms with Crippen LogP contribution in [-0.4, -0.2) is 83.3 Å². The highest BCUT2D eigenvalue weighted by atomic mass is 32.2. The summed E-state index contributed by atoms with van der Waals surface area (Å²) < 4.78 is 32.4. The van der Waals surface area contributed by atoms with E-state index in [9.17, 15) is 24.0 Å². The van der Waals surface area contributed by atoms with Crippen molar-refractivity contribution in [1.82, 2.24) is 9.97 Å². The lowest BCUT2D eigenvalue weighted by molar-refractivity contribution is -0.247. The fraction of sp³-hybridized carbons (Fsp3) is 0.591. The van der Waals surface area contributed by atoms with Crippen LogP contribution in [0.15, 0.2) is 11.2 Å². The number of hydrogen-bond donors (Lipinski definition) is 1. The first-order valence-corrected chi connectivity index (χ1v) is 12.4. The van der Waals surface area contributed by atoms with Gasteiger partial charge in [0.2, 0.25) is 5.88 Å². The molecule has 1 aromatic rings. The molecule has 15 heteroatoms. The molecular weight excluding hydrogens is 514 g/mol. The van der Waals surface area contributed by atoms with E-state index >= 15 is 0 Å². The molecule has 0 aromatic carbocycles. The summed E-state index contributed by atoms with van der Waals surface area (Å²) in [6.45, 7) is 5.80.